The molecule has 1 fully saturated rings. The van der Waals surface area contributed by atoms with Crippen LogP contribution >= 0.6 is 0 Å². The Labute approximate surface area is 166 Å². The summed E-state index contributed by atoms with van der Waals surface area (Å²) in [6, 6.07) is 8.30. The summed E-state index contributed by atoms with van der Waals surface area (Å²) in [5, 5.41) is 0. The van der Waals surface area contributed by atoms with Gasteiger partial charge in [-0.15, -0.1) is 0 Å². The maximum atomic E-state index is 12.6. The first-order valence-electron chi connectivity index (χ1n) is 9.88. The van der Waals surface area contributed by atoms with Crippen LogP contribution in [0.1, 0.15) is 18.9 Å². The summed E-state index contributed by atoms with van der Waals surface area (Å²) in [4.78, 5) is 28.1. The fourth-order valence-electron chi connectivity index (χ4n) is 3.78. The van der Waals surface area contributed by atoms with Crippen molar-refractivity contribution in [3.63, 3.8) is 0 Å². The molecular formula is C21H27N5O2. The van der Waals surface area contributed by atoms with Crippen LogP contribution in [-0.4, -0.2) is 78.7 Å². The van der Waals surface area contributed by atoms with Crippen molar-refractivity contribution >= 4 is 18.1 Å². The van der Waals surface area contributed by atoms with Gasteiger partial charge in [0, 0.05) is 38.7 Å². The van der Waals surface area contributed by atoms with Crippen LogP contribution in [0.5, 0.6) is 5.75 Å². The maximum absolute atomic E-state index is 12.6. The fourth-order valence-corrected chi connectivity index (χ4v) is 3.78. The molecule has 7 nitrogen and oxygen atoms in total. The number of hydrogen-bond donors (Lipinski definition) is 0. The van der Waals surface area contributed by atoms with Crippen LogP contribution in [0.4, 0.5) is 0 Å². The van der Waals surface area contributed by atoms with Gasteiger partial charge >= 0.3 is 0 Å². The third kappa shape index (κ3) is 3.88. The SMILES string of the molecule is COc1cccc(CCC(=O)N2CCN(C3=CC4=NCC(C)N4C=N3)CC2)c1. The Balaban J connectivity index is 1.27. The number of hydrogen-bond acceptors (Lipinski definition) is 6. The number of aliphatic imine (C=N–C) groups is 2. The molecule has 0 spiro atoms. The molecule has 4 rings (SSSR count). The molecule has 28 heavy (non-hydrogen) atoms. The molecule has 0 radical (unpaired) electrons. The summed E-state index contributed by atoms with van der Waals surface area (Å²) >= 11 is 0. The molecule has 0 aliphatic carbocycles. The van der Waals surface area contributed by atoms with Crippen molar-refractivity contribution in [1.82, 2.24) is 14.7 Å². The van der Waals surface area contributed by atoms with Gasteiger partial charge in [0.25, 0.3) is 0 Å². The van der Waals surface area contributed by atoms with Crippen molar-refractivity contribution in [3.8, 4) is 5.75 Å². The first-order chi connectivity index (χ1) is 13.6. The third-order valence-corrected chi connectivity index (χ3v) is 5.55. The van der Waals surface area contributed by atoms with E-state index in [2.05, 4.69) is 32.8 Å². The minimum absolute atomic E-state index is 0.212. The summed E-state index contributed by atoms with van der Waals surface area (Å²) < 4.78 is 5.25. The molecule has 0 saturated carbocycles. The molecule has 3 aliphatic heterocycles. The summed E-state index contributed by atoms with van der Waals surface area (Å²) in [6.45, 7) is 6.04. The van der Waals surface area contributed by atoms with Gasteiger partial charge in [0.05, 0.1) is 26.0 Å². The lowest BCUT2D eigenvalue weighted by molar-refractivity contribution is -0.132. The van der Waals surface area contributed by atoms with Crippen molar-refractivity contribution in [2.24, 2.45) is 9.98 Å². The average Bonchev–Trinajstić information content (AvgIpc) is 3.12. The number of carbonyl (C=O) groups is 1. The number of fused-ring (bicyclic) bond motifs is 1. The second-order valence-electron chi connectivity index (χ2n) is 7.42. The average molecular weight is 381 g/mol. The number of carbonyl (C=O) groups excluding carboxylic acids is 1. The van der Waals surface area contributed by atoms with Gasteiger partial charge in [0.2, 0.25) is 5.91 Å². The van der Waals surface area contributed by atoms with Gasteiger partial charge in [-0.3, -0.25) is 9.79 Å². The smallest absolute Gasteiger partial charge is 0.223 e. The predicted octanol–water partition coefficient (Wildman–Crippen LogP) is 1.76. The van der Waals surface area contributed by atoms with E-state index in [9.17, 15) is 4.79 Å². The van der Waals surface area contributed by atoms with E-state index in [1.54, 1.807) is 7.11 Å². The number of amides is 1. The quantitative estimate of drug-likeness (QED) is 0.780. The lowest BCUT2D eigenvalue weighted by Crippen LogP contribution is -2.48. The van der Waals surface area contributed by atoms with Gasteiger partial charge in [0.1, 0.15) is 17.4 Å². The van der Waals surface area contributed by atoms with Gasteiger partial charge < -0.3 is 19.4 Å². The molecule has 3 heterocycles. The van der Waals surface area contributed by atoms with E-state index in [4.69, 9.17) is 4.74 Å². The Bertz CT molecular complexity index is 824. The molecule has 1 unspecified atom stereocenters. The van der Waals surface area contributed by atoms with E-state index in [0.29, 0.717) is 12.5 Å². The lowest BCUT2D eigenvalue weighted by atomic mass is 10.1. The second-order valence-corrected chi connectivity index (χ2v) is 7.42. The van der Waals surface area contributed by atoms with Gasteiger partial charge in [-0.05, 0) is 31.0 Å². The highest BCUT2D eigenvalue weighted by Gasteiger charge is 2.27. The van der Waals surface area contributed by atoms with Gasteiger partial charge in [-0.1, -0.05) is 12.1 Å². The van der Waals surface area contributed by atoms with Crippen molar-refractivity contribution in [1.29, 1.82) is 0 Å². The highest BCUT2D eigenvalue weighted by Crippen LogP contribution is 2.20. The van der Waals surface area contributed by atoms with Crippen molar-refractivity contribution < 1.29 is 9.53 Å². The molecule has 0 bridgehead atoms. The Morgan fingerprint density at radius 2 is 2.07 bits per heavy atom. The number of aryl methyl sites for hydroxylation is 1. The number of nitrogens with zero attached hydrogens (tertiary/aromatic N) is 5. The lowest BCUT2D eigenvalue weighted by Gasteiger charge is -2.37. The molecule has 7 heteroatoms. The summed E-state index contributed by atoms with van der Waals surface area (Å²) in [6.07, 6.45) is 5.21. The second kappa shape index (κ2) is 8.04. The van der Waals surface area contributed by atoms with Crippen LogP contribution in [0.25, 0.3) is 0 Å². The highest BCUT2D eigenvalue weighted by atomic mass is 16.5. The van der Waals surface area contributed by atoms with Crippen molar-refractivity contribution in [2.75, 3.05) is 39.8 Å². The Hall–Kier alpha value is -2.83. The normalized spacial score (nSPS) is 21.4. The molecule has 0 aromatic heterocycles. The molecule has 1 aromatic carbocycles. The zero-order chi connectivity index (χ0) is 19.5. The number of ether oxygens (including phenoxy) is 1. The van der Waals surface area contributed by atoms with Gasteiger partial charge in [0.15, 0.2) is 0 Å². The predicted molar refractivity (Wildman–Crippen MR) is 110 cm³/mol. The van der Waals surface area contributed by atoms with Crippen LogP contribution in [-0.2, 0) is 11.2 Å². The summed E-state index contributed by atoms with van der Waals surface area (Å²) in [5.74, 6) is 2.99. The van der Waals surface area contributed by atoms with Crippen LogP contribution in [0.3, 0.4) is 0 Å². The molecular weight excluding hydrogens is 354 g/mol. The summed E-state index contributed by atoms with van der Waals surface area (Å²) in [7, 11) is 1.66. The molecule has 3 aliphatic rings. The molecule has 1 atom stereocenters. The first kappa shape index (κ1) is 18.5. The fraction of sp³-hybridized carbons (Fsp3) is 0.476. The zero-order valence-electron chi connectivity index (χ0n) is 16.5. The van der Waals surface area contributed by atoms with Crippen molar-refractivity contribution in [3.05, 3.63) is 41.7 Å². The first-order valence-corrected chi connectivity index (χ1v) is 9.88. The van der Waals surface area contributed by atoms with Crippen LogP contribution in [0.15, 0.2) is 46.1 Å². The molecule has 1 aromatic rings. The van der Waals surface area contributed by atoms with Crippen molar-refractivity contribution in [2.45, 2.75) is 25.8 Å². The van der Waals surface area contributed by atoms with E-state index in [1.807, 2.05) is 35.5 Å². The van der Waals surface area contributed by atoms with Crippen LogP contribution in [0.2, 0.25) is 0 Å². The topological polar surface area (TPSA) is 60.7 Å². The number of amidine groups is 1. The van der Waals surface area contributed by atoms with E-state index < -0.39 is 0 Å². The summed E-state index contributed by atoms with van der Waals surface area (Å²) in [5.41, 5.74) is 1.13. The van der Waals surface area contributed by atoms with Crippen LogP contribution in [0, 0.1) is 0 Å². The maximum Gasteiger partial charge on any atom is 0.223 e. The van der Waals surface area contributed by atoms with Gasteiger partial charge in [-0.2, -0.15) is 0 Å². The third-order valence-electron chi connectivity index (χ3n) is 5.55. The molecule has 148 valence electrons. The number of rotatable bonds is 5. The Morgan fingerprint density at radius 1 is 1.25 bits per heavy atom. The number of benzene rings is 1. The zero-order valence-corrected chi connectivity index (χ0v) is 16.5. The molecule has 1 saturated heterocycles. The monoisotopic (exact) mass is 381 g/mol. The highest BCUT2D eigenvalue weighted by molar-refractivity contribution is 6.03. The Kier molecular flexibility index (Phi) is 5.32. The van der Waals surface area contributed by atoms with E-state index >= 15 is 0 Å². The van der Waals surface area contributed by atoms with E-state index in [0.717, 1.165) is 62.1 Å². The van der Waals surface area contributed by atoms with E-state index in [1.165, 1.54) is 0 Å². The Morgan fingerprint density at radius 3 is 2.86 bits per heavy atom. The van der Waals surface area contributed by atoms with Crippen LogP contribution < -0.4 is 4.74 Å². The number of piperazine rings is 1. The standard InChI is InChI=1S/C21H27N5O2/c1-16-14-22-20-13-19(23-15-26(16)20)24-8-10-25(11-9-24)21(27)7-6-17-4-3-5-18(12-17)28-2/h3-5,12-13,15-16H,6-11,14H2,1-2H3. The largest absolute Gasteiger partial charge is 0.497 e. The van der Waals surface area contributed by atoms with E-state index in [-0.39, 0.29) is 5.91 Å². The number of methoxy groups -OCH3 is 1. The van der Waals surface area contributed by atoms with Gasteiger partial charge in [-0.25, -0.2) is 4.99 Å². The molecule has 0 N–H and O–H groups in total. The molecule has 1 amide bonds. The minimum atomic E-state index is 0.212. The minimum Gasteiger partial charge on any atom is -0.497 e.